The van der Waals surface area contributed by atoms with Crippen molar-refractivity contribution in [3.8, 4) is 0 Å². The van der Waals surface area contributed by atoms with Gasteiger partial charge in [0.1, 0.15) is 0 Å². The van der Waals surface area contributed by atoms with Crippen molar-refractivity contribution in [3.05, 3.63) is 0 Å². The van der Waals surface area contributed by atoms with Gasteiger partial charge in [-0.15, -0.1) is 11.6 Å². The van der Waals surface area contributed by atoms with Crippen LogP contribution in [0.4, 0.5) is 0 Å². The molecule has 120 valence electrons. The fourth-order valence-corrected chi connectivity index (χ4v) is 3.96. The van der Waals surface area contributed by atoms with E-state index < -0.39 is 0 Å². The van der Waals surface area contributed by atoms with E-state index in [0.29, 0.717) is 5.38 Å². The Morgan fingerprint density at radius 2 is 1.20 bits per heavy atom. The van der Waals surface area contributed by atoms with E-state index in [4.69, 9.17) is 11.6 Å². The van der Waals surface area contributed by atoms with Crippen LogP contribution in [0, 0.1) is 5.92 Å². The first-order chi connectivity index (χ1) is 9.84. The van der Waals surface area contributed by atoms with E-state index in [1.807, 2.05) is 0 Å². The minimum absolute atomic E-state index is 0.482. The van der Waals surface area contributed by atoms with Gasteiger partial charge in [0.2, 0.25) is 0 Å². The maximum atomic E-state index is 6.51. The highest BCUT2D eigenvalue weighted by Gasteiger charge is 2.22. The maximum absolute atomic E-state index is 6.51. The van der Waals surface area contributed by atoms with Gasteiger partial charge < -0.3 is 0 Å². The van der Waals surface area contributed by atoms with Crippen molar-refractivity contribution >= 4 is 11.6 Å². The lowest BCUT2D eigenvalue weighted by molar-refractivity contribution is 0.467. The lowest BCUT2D eigenvalue weighted by Crippen LogP contribution is -2.10. The van der Waals surface area contributed by atoms with Crippen LogP contribution in [-0.2, 0) is 0 Å². The minimum atomic E-state index is 0.482. The number of unbranched alkanes of at least 4 members (excludes halogenated alkanes) is 10. The Balaban J connectivity index is 1.76. The largest absolute Gasteiger partial charge is 0.123 e. The molecule has 0 radical (unpaired) electrons. The highest BCUT2D eigenvalue weighted by molar-refractivity contribution is 6.20. The quantitative estimate of drug-likeness (QED) is 0.244. The maximum Gasteiger partial charge on any atom is 0.0364 e. The Kier molecular flexibility index (Phi) is 11.9. The summed E-state index contributed by atoms with van der Waals surface area (Å²) in [5, 5.41) is 0.482. The Morgan fingerprint density at radius 3 is 1.70 bits per heavy atom. The molecule has 1 rings (SSSR count). The lowest BCUT2D eigenvalue weighted by Gasteiger charge is -2.16. The summed E-state index contributed by atoms with van der Waals surface area (Å²) in [6.45, 7) is 2.29. The second kappa shape index (κ2) is 13.0. The Morgan fingerprint density at radius 1 is 0.750 bits per heavy atom. The van der Waals surface area contributed by atoms with Crippen LogP contribution in [0.1, 0.15) is 110 Å². The first kappa shape index (κ1) is 18.3. The number of rotatable bonds is 13. The summed E-state index contributed by atoms with van der Waals surface area (Å²) in [7, 11) is 0. The van der Waals surface area contributed by atoms with Crippen molar-refractivity contribution in [1.82, 2.24) is 0 Å². The van der Waals surface area contributed by atoms with Gasteiger partial charge in [-0.2, -0.15) is 0 Å². The molecule has 1 heteroatoms. The van der Waals surface area contributed by atoms with E-state index in [1.165, 1.54) is 103 Å². The molecule has 0 saturated heterocycles. The van der Waals surface area contributed by atoms with Crippen LogP contribution in [0.25, 0.3) is 0 Å². The van der Waals surface area contributed by atoms with E-state index in [-0.39, 0.29) is 0 Å². The molecule has 0 N–H and O–H groups in total. The van der Waals surface area contributed by atoms with Gasteiger partial charge >= 0.3 is 0 Å². The Bertz CT molecular complexity index is 196. The topological polar surface area (TPSA) is 0 Å². The molecule has 0 bridgehead atoms. The van der Waals surface area contributed by atoms with Gasteiger partial charge in [0.15, 0.2) is 0 Å². The van der Waals surface area contributed by atoms with Gasteiger partial charge in [-0.25, -0.2) is 0 Å². The zero-order valence-electron chi connectivity index (χ0n) is 13.8. The average molecular weight is 301 g/mol. The van der Waals surface area contributed by atoms with Gasteiger partial charge in [-0.05, 0) is 25.2 Å². The van der Waals surface area contributed by atoms with Gasteiger partial charge in [-0.1, -0.05) is 90.4 Å². The zero-order valence-corrected chi connectivity index (χ0v) is 14.6. The normalized spacial score (nSPS) is 17.7. The number of hydrogen-bond acceptors (Lipinski definition) is 0. The second-order valence-electron chi connectivity index (χ2n) is 6.88. The van der Waals surface area contributed by atoms with Crippen molar-refractivity contribution in [2.24, 2.45) is 5.92 Å². The fourth-order valence-electron chi connectivity index (χ4n) is 3.56. The number of halogens is 1. The molecule has 0 aromatic carbocycles. The summed E-state index contributed by atoms with van der Waals surface area (Å²) in [5.74, 6) is 0.847. The van der Waals surface area contributed by atoms with Crippen LogP contribution in [0.2, 0.25) is 0 Å². The molecule has 0 aromatic heterocycles. The first-order valence-electron chi connectivity index (χ1n) is 9.48. The molecule has 1 atom stereocenters. The summed E-state index contributed by atoms with van der Waals surface area (Å²) in [6.07, 6.45) is 22.6. The highest BCUT2D eigenvalue weighted by Crippen LogP contribution is 2.32. The molecule has 1 aliphatic carbocycles. The summed E-state index contributed by atoms with van der Waals surface area (Å²) in [5.41, 5.74) is 0. The predicted octanol–water partition coefficient (Wildman–Crippen LogP) is 7.49. The third-order valence-electron chi connectivity index (χ3n) is 4.99. The Labute approximate surface area is 133 Å². The van der Waals surface area contributed by atoms with Gasteiger partial charge in [0.05, 0.1) is 0 Å². The molecule has 0 amide bonds. The van der Waals surface area contributed by atoms with Crippen LogP contribution in [-0.4, -0.2) is 5.38 Å². The average Bonchev–Trinajstić information content (AvgIpc) is 2.99. The molecule has 20 heavy (non-hydrogen) atoms. The standard InChI is InChI=1S/C19H37Cl/c1-2-3-4-5-6-7-8-9-10-11-12-17-19(20)18-15-13-14-16-18/h18-19H,2-17H2,1H3. The van der Waals surface area contributed by atoms with E-state index in [9.17, 15) is 0 Å². The summed E-state index contributed by atoms with van der Waals surface area (Å²) in [6, 6.07) is 0. The van der Waals surface area contributed by atoms with Crippen molar-refractivity contribution in [3.63, 3.8) is 0 Å². The van der Waals surface area contributed by atoms with Gasteiger partial charge in [0, 0.05) is 5.38 Å². The predicted molar refractivity (Wildman–Crippen MR) is 92.7 cm³/mol. The molecule has 0 spiro atoms. The zero-order chi connectivity index (χ0) is 14.5. The molecule has 0 nitrogen and oxygen atoms in total. The smallest absolute Gasteiger partial charge is 0.0364 e. The van der Waals surface area contributed by atoms with Crippen molar-refractivity contribution in [2.45, 2.75) is 115 Å². The molecular weight excluding hydrogens is 264 g/mol. The van der Waals surface area contributed by atoms with Crippen LogP contribution < -0.4 is 0 Å². The van der Waals surface area contributed by atoms with Crippen LogP contribution in [0.15, 0.2) is 0 Å². The molecule has 1 fully saturated rings. The molecule has 0 heterocycles. The first-order valence-corrected chi connectivity index (χ1v) is 9.92. The Hall–Kier alpha value is 0.290. The van der Waals surface area contributed by atoms with E-state index in [0.717, 1.165) is 5.92 Å². The van der Waals surface area contributed by atoms with Crippen molar-refractivity contribution < 1.29 is 0 Å². The molecular formula is C19H37Cl. The third kappa shape index (κ3) is 9.27. The number of hydrogen-bond donors (Lipinski definition) is 0. The van der Waals surface area contributed by atoms with Crippen LogP contribution in [0.5, 0.6) is 0 Å². The van der Waals surface area contributed by atoms with Crippen LogP contribution in [0.3, 0.4) is 0 Å². The molecule has 0 aliphatic heterocycles. The van der Waals surface area contributed by atoms with Gasteiger partial charge in [-0.3, -0.25) is 0 Å². The summed E-state index contributed by atoms with van der Waals surface area (Å²) in [4.78, 5) is 0. The molecule has 1 aliphatic rings. The highest BCUT2D eigenvalue weighted by atomic mass is 35.5. The van der Waals surface area contributed by atoms with E-state index in [2.05, 4.69) is 6.92 Å². The second-order valence-corrected chi connectivity index (χ2v) is 7.45. The molecule has 1 unspecified atom stereocenters. The monoisotopic (exact) mass is 300 g/mol. The summed E-state index contributed by atoms with van der Waals surface area (Å²) >= 11 is 6.51. The molecule has 1 saturated carbocycles. The van der Waals surface area contributed by atoms with Crippen LogP contribution >= 0.6 is 11.6 Å². The van der Waals surface area contributed by atoms with Crippen molar-refractivity contribution in [1.29, 1.82) is 0 Å². The third-order valence-corrected chi connectivity index (χ3v) is 5.57. The SMILES string of the molecule is CCCCCCCCCCCCCC(Cl)C1CCCC1. The van der Waals surface area contributed by atoms with E-state index in [1.54, 1.807) is 0 Å². The minimum Gasteiger partial charge on any atom is -0.123 e. The number of alkyl halides is 1. The van der Waals surface area contributed by atoms with Gasteiger partial charge in [0.25, 0.3) is 0 Å². The van der Waals surface area contributed by atoms with Crippen molar-refractivity contribution in [2.75, 3.05) is 0 Å². The fraction of sp³-hybridized carbons (Fsp3) is 1.00. The molecule has 0 aromatic rings. The summed E-state index contributed by atoms with van der Waals surface area (Å²) < 4.78 is 0. The lowest BCUT2D eigenvalue weighted by atomic mass is 9.98. The van der Waals surface area contributed by atoms with E-state index >= 15 is 0 Å².